The van der Waals surface area contributed by atoms with E-state index in [4.69, 9.17) is 0 Å². The Morgan fingerprint density at radius 1 is 1.24 bits per heavy atom. The first-order valence-electron chi connectivity index (χ1n) is 5.60. The van der Waals surface area contributed by atoms with Crippen molar-refractivity contribution in [2.75, 3.05) is 13.2 Å². The lowest BCUT2D eigenvalue weighted by Gasteiger charge is -2.34. The zero-order chi connectivity index (χ0) is 13.1. The fraction of sp³-hybridized carbons (Fsp3) is 0.538. The van der Waals surface area contributed by atoms with Crippen molar-refractivity contribution in [2.45, 2.75) is 20.3 Å². The Labute approximate surface area is 110 Å². The molecule has 2 nitrogen and oxygen atoms in total. The minimum absolute atomic E-state index is 0.111. The van der Waals surface area contributed by atoms with Crippen LogP contribution in [0.2, 0.25) is 0 Å². The lowest BCUT2D eigenvalue weighted by Crippen LogP contribution is -2.37. The number of hydrogen-bond donors (Lipinski definition) is 2. The van der Waals surface area contributed by atoms with Crippen LogP contribution in [0.1, 0.15) is 19.4 Å². The van der Waals surface area contributed by atoms with Gasteiger partial charge in [-0.05, 0) is 36.1 Å². The van der Waals surface area contributed by atoms with Crippen molar-refractivity contribution < 1.29 is 14.6 Å². The summed E-state index contributed by atoms with van der Waals surface area (Å²) in [6.07, 6.45) is 0.452. The molecule has 0 saturated heterocycles. The minimum Gasteiger partial charge on any atom is -0.396 e. The molecule has 1 rings (SSSR count). The van der Waals surface area contributed by atoms with Crippen molar-refractivity contribution >= 4 is 15.9 Å². The molecule has 0 heterocycles. The lowest BCUT2D eigenvalue weighted by atomic mass is 9.74. The topological polar surface area (TPSA) is 40.5 Å². The van der Waals surface area contributed by atoms with E-state index in [9.17, 15) is 14.6 Å². The van der Waals surface area contributed by atoms with Gasteiger partial charge in [0.15, 0.2) is 0 Å². The van der Waals surface area contributed by atoms with Crippen LogP contribution in [-0.2, 0) is 6.42 Å². The van der Waals surface area contributed by atoms with Crippen LogP contribution < -0.4 is 0 Å². The van der Waals surface area contributed by atoms with Gasteiger partial charge in [-0.25, -0.2) is 4.39 Å². The van der Waals surface area contributed by atoms with Crippen molar-refractivity contribution in [1.82, 2.24) is 0 Å². The van der Waals surface area contributed by atoms with Crippen molar-refractivity contribution in [3.63, 3.8) is 0 Å². The minimum atomic E-state index is -0.604. The smallest absolute Gasteiger partial charge is 0.124 e. The highest BCUT2D eigenvalue weighted by molar-refractivity contribution is 9.10. The predicted octanol–water partition coefficient (Wildman–Crippen LogP) is 2.76. The highest BCUT2D eigenvalue weighted by atomic mass is 79.9. The molecule has 0 aliphatic rings. The first-order chi connectivity index (χ1) is 7.93. The molecule has 0 unspecified atom stereocenters. The molecule has 0 bridgehead atoms. The predicted molar refractivity (Wildman–Crippen MR) is 69.2 cm³/mol. The van der Waals surface area contributed by atoms with E-state index in [0.29, 0.717) is 10.9 Å². The summed E-state index contributed by atoms with van der Waals surface area (Å²) in [6.45, 7) is 3.66. The second-order valence-corrected chi connectivity index (χ2v) is 5.70. The van der Waals surface area contributed by atoms with Gasteiger partial charge in [-0.3, -0.25) is 0 Å². The van der Waals surface area contributed by atoms with Gasteiger partial charge in [0.25, 0.3) is 0 Å². The van der Waals surface area contributed by atoms with E-state index in [1.54, 1.807) is 0 Å². The van der Waals surface area contributed by atoms with Crippen molar-refractivity contribution in [3.8, 4) is 0 Å². The molecule has 0 amide bonds. The maximum Gasteiger partial charge on any atom is 0.124 e. The molecule has 96 valence electrons. The maximum absolute atomic E-state index is 13.3. The van der Waals surface area contributed by atoms with E-state index in [2.05, 4.69) is 15.9 Å². The zero-order valence-electron chi connectivity index (χ0n) is 10.1. The summed E-state index contributed by atoms with van der Waals surface area (Å²) >= 11 is 3.24. The third-order valence-electron chi connectivity index (χ3n) is 3.33. The molecule has 1 aromatic rings. The Hall–Kier alpha value is -0.450. The van der Waals surface area contributed by atoms with Gasteiger partial charge < -0.3 is 10.2 Å². The van der Waals surface area contributed by atoms with E-state index in [-0.39, 0.29) is 24.9 Å². The second kappa shape index (κ2) is 5.94. The average molecular weight is 305 g/mol. The summed E-state index contributed by atoms with van der Waals surface area (Å²) in [5.41, 5.74) is 0.168. The van der Waals surface area contributed by atoms with E-state index < -0.39 is 5.41 Å². The normalized spacial score (nSPS) is 12.2. The quantitative estimate of drug-likeness (QED) is 0.878. The van der Waals surface area contributed by atoms with E-state index >= 15 is 0 Å². The molecule has 17 heavy (non-hydrogen) atoms. The number of aliphatic hydroxyl groups excluding tert-OH is 2. The van der Waals surface area contributed by atoms with Gasteiger partial charge in [-0.2, -0.15) is 0 Å². The van der Waals surface area contributed by atoms with Crippen LogP contribution in [0.5, 0.6) is 0 Å². The molecule has 0 saturated carbocycles. The zero-order valence-corrected chi connectivity index (χ0v) is 11.7. The highest BCUT2D eigenvalue weighted by Crippen LogP contribution is 2.32. The Bertz CT molecular complexity index is 355. The molecule has 0 fully saturated rings. The molecule has 1 aromatic carbocycles. The average Bonchev–Trinajstić information content (AvgIpc) is 2.24. The monoisotopic (exact) mass is 304 g/mol. The van der Waals surface area contributed by atoms with Gasteiger partial charge in [-0.15, -0.1) is 0 Å². The van der Waals surface area contributed by atoms with Gasteiger partial charge in [0.05, 0.1) is 13.2 Å². The first kappa shape index (κ1) is 14.6. The van der Waals surface area contributed by atoms with Crippen LogP contribution in [0.15, 0.2) is 22.7 Å². The SMILES string of the molecule is CC(C)C(CO)(CO)Cc1cc(F)cc(Br)c1. The summed E-state index contributed by atoms with van der Waals surface area (Å²) in [5, 5.41) is 19.0. The molecule has 4 heteroatoms. The van der Waals surface area contributed by atoms with Crippen LogP contribution >= 0.6 is 15.9 Å². The number of halogens is 2. The first-order valence-corrected chi connectivity index (χ1v) is 6.39. The van der Waals surface area contributed by atoms with Gasteiger partial charge in [0.1, 0.15) is 5.82 Å². The second-order valence-electron chi connectivity index (χ2n) is 4.79. The molecule has 0 atom stereocenters. The fourth-order valence-electron chi connectivity index (χ4n) is 1.85. The summed E-state index contributed by atoms with van der Waals surface area (Å²) in [5.74, 6) is -0.206. The fourth-order valence-corrected chi connectivity index (χ4v) is 2.36. The molecule has 0 aliphatic carbocycles. The largest absolute Gasteiger partial charge is 0.396 e. The Morgan fingerprint density at radius 3 is 2.24 bits per heavy atom. The lowest BCUT2D eigenvalue weighted by molar-refractivity contribution is 0.0162. The van der Waals surface area contributed by atoms with E-state index in [1.807, 2.05) is 19.9 Å². The van der Waals surface area contributed by atoms with Crippen LogP contribution in [0.3, 0.4) is 0 Å². The highest BCUT2D eigenvalue weighted by Gasteiger charge is 2.32. The van der Waals surface area contributed by atoms with Crippen molar-refractivity contribution in [2.24, 2.45) is 11.3 Å². The van der Waals surface area contributed by atoms with Crippen LogP contribution in [0.25, 0.3) is 0 Å². The summed E-state index contributed by atoms with van der Waals surface area (Å²) in [4.78, 5) is 0. The number of benzene rings is 1. The number of hydrogen-bond acceptors (Lipinski definition) is 2. The van der Waals surface area contributed by atoms with Crippen LogP contribution in [0, 0.1) is 17.2 Å². The Kier molecular flexibility index (Phi) is 5.10. The van der Waals surface area contributed by atoms with E-state index in [0.717, 1.165) is 5.56 Å². The number of rotatable bonds is 5. The molecule has 2 N–H and O–H groups in total. The third-order valence-corrected chi connectivity index (χ3v) is 3.79. The third kappa shape index (κ3) is 3.50. The van der Waals surface area contributed by atoms with E-state index in [1.165, 1.54) is 12.1 Å². The maximum atomic E-state index is 13.3. The molecular weight excluding hydrogens is 287 g/mol. The molecule has 0 aliphatic heterocycles. The van der Waals surface area contributed by atoms with Crippen molar-refractivity contribution in [3.05, 3.63) is 34.1 Å². The summed E-state index contributed by atoms with van der Waals surface area (Å²) in [6, 6.07) is 4.64. The van der Waals surface area contributed by atoms with Crippen molar-refractivity contribution in [1.29, 1.82) is 0 Å². The van der Waals surface area contributed by atoms with Crippen LogP contribution in [0.4, 0.5) is 4.39 Å². The molecular formula is C13H18BrFO2. The van der Waals surface area contributed by atoms with Gasteiger partial charge in [0.2, 0.25) is 0 Å². The van der Waals surface area contributed by atoms with Gasteiger partial charge in [-0.1, -0.05) is 29.8 Å². The Morgan fingerprint density at radius 2 is 1.82 bits per heavy atom. The summed E-state index contributed by atoms with van der Waals surface area (Å²) < 4.78 is 13.9. The standard InChI is InChI=1S/C13H18BrFO2/c1-9(2)13(7-16,8-17)6-10-3-11(14)5-12(15)4-10/h3-5,9,16-17H,6-8H2,1-2H3. The summed E-state index contributed by atoms with van der Waals surface area (Å²) in [7, 11) is 0. The van der Waals surface area contributed by atoms with Crippen LogP contribution in [-0.4, -0.2) is 23.4 Å². The van der Waals surface area contributed by atoms with Gasteiger partial charge >= 0.3 is 0 Å². The van der Waals surface area contributed by atoms with Gasteiger partial charge in [0, 0.05) is 9.89 Å². The Balaban J connectivity index is 3.01. The molecule has 0 spiro atoms. The molecule has 0 radical (unpaired) electrons. The number of aliphatic hydroxyl groups is 2. The molecule has 0 aromatic heterocycles.